The molecule has 0 aliphatic rings. The van der Waals surface area contributed by atoms with Crippen molar-refractivity contribution in [3.63, 3.8) is 0 Å². The summed E-state index contributed by atoms with van der Waals surface area (Å²) in [5, 5.41) is 2.85. The van der Waals surface area contributed by atoms with E-state index in [1.54, 1.807) is 43.6 Å². The lowest BCUT2D eigenvalue weighted by atomic mass is 10.1. The van der Waals surface area contributed by atoms with Gasteiger partial charge in [0.25, 0.3) is 5.91 Å². The molecule has 0 fully saturated rings. The van der Waals surface area contributed by atoms with Crippen molar-refractivity contribution in [2.45, 2.75) is 51.4 Å². The van der Waals surface area contributed by atoms with Crippen LogP contribution in [0.5, 0.6) is 0 Å². The molecule has 0 saturated heterocycles. The number of pyridine rings is 1. The Morgan fingerprint density at radius 3 is 2.64 bits per heavy atom. The molecule has 9 heteroatoms. The zero-order chi connectivity index (χ0) is 23.8. The molecule has 1 unspecified atom stereocenters. The fourth-order valence-corrected chi connectivity index (χ4v) is 4.72. The number of nitrogens with zero attached hydrogens (tertiary/aromatic N) is 2. The zero-order valence-corrected chi connectivity index (χ0v) is 19.8. The van der Waals surface area contributed by atoms with Gasteiger partial charge in [-0.2, -0.15) is 0 Å². The Balaban J connectivity index is 1.61. The predicted octanol–water partition coefficient (Wildman–Crippen LogP) is 3.41. The van der Waals surface area contributed by atoms with Gasteiger partial charge in [-0.1, -0.05) is 13.0 Å². The van der Waals surface area contributed by atoms with E-state index in [9.17, 15) is 13.2 Å². The fraction of sp³-hybridized carbons (Fsp3) is 0.375. The molecule has 3 N–H and O–H groups in total. The van der Waals surface area contributed by atoms with Crippen molar-refractivity contribution in [3.05, 3.63) is 71.4 Å². The molecule has 2 heterocycles. The molecule has 1 atom stereocenters. The quantitative estimate of drug-likeness (QED) is 0.439. The maximum Gasteiger partial charge on any atom is 0.251 e. The van der Waals surface area contributed by atoms with Crippen LogP contribution < -0.4 is 11.1 Å². The van der Waals surface area contributed by atoms with Crippen LogP contribution in [-0.2, 0) is 22.1 Å². The van der Waals surface area contributed by atoms with E-state index < -0.39 is 9.84 Å². The number of aryl methyl sites for hydroxylation is 1. The third kappa shape index (κ3) is 7.23. The lowest BCUT2D eigenvalue weighted by Gasteiger charge is -2.08. The average molecular weight is 471 g/mol. The summed E-state index contributed by atoms with van der Waals surface area (Å²) >= 11 is 0. The van der Waals surface area contributed by atoms with Crippen LogP contribution in [0.1, 0.15) is 53.6 Å². The standard InChI is InChI=1S/C24H30N4O4S/c1-3-21(25)7-5-13-33(30,31)16-22-17(2)32-24(28-22)20-10-8-19(9-11-20)23(29)27-15-18-6-4-12-26-14-18/h4,6,8-12,14,21H,3,5,7,13,15-16,25H2,1-2H3,(H,27,29). The minimum absolute atomic E-state index is 0.0287. The van der Waals surface area contributed by atoms with Gasteiger partial charge in [-0.3, -0.25) is 9.78 Å². The lowest BCUT2D eigenvalue weighted by molar-refractivity contribution is 0.0951. The summed E-state index contributed by atoms with van der Waals surface area (Å²) in [6.07, 6.45) is 5.42. The van der Waals surface area contributed by atoms with E-state index in [2.05, 4.69) is 15.3 Å². The van der Waals surface area contributed by atoms with E-state index in [1.165, 1.54) is 0 Å². The number of oxazole rings is 1. The third-order valence-electron chi connectivity index (χ3n) is 5.37. The summed E-state index contributed by atoms with van der Waals surface area (Å²) in [5.41, 5.74) is 8.35. The van der Waals surface area contributed by atoms with Crippen molar-refractivity contribution in [2.75, 3.05) is 5.75 Å². The number of rotatable bonds is 11. The predicted molar refractivity (Wildman–Crippen MR) is 127 cm³/mol. The van der Waals surface area contributed by atoms with Crippen LogP contribution >= 0.6 is 0 Å². The summed E-state index contributed by atoms with van der Waals surface area (Å²) < 4.78 is 30.7. The fourth-order valence-electron chi connectivity index (χ4n) is 3.29. The highest BCUT2D eigenvalue weighted by Gasteiger charge is 2.19. The maximum absolute atomic E-state index is 12.5. The van der Waals surface area contributed by atoms with E-state index in [1.807, 2.05) is 19.1 Å². The second kappa shape index (κ2) is 11.2. The molecule has 3 aromatic rings. The summed E-state index contributed by atoms with van der Waals surface area (Å²) in [6.45, 7) is 4.07. The average Bonchev–Trinajstić information content (AvgIpc) is 3.17. The first kappa shape index (κ1) is 24.6. The number of aromatic nitrogens is 2. The van der Waals surface area contributed by atoms with Crippen molar-refractivity contribution < 1.29 is 17.6 Å². The molecule has 0 saturated carbocycles. The number of nitrogens with two attached hydrogens (primary N) is 1. The highest BCUT2D eigenvalue weighted by atomic mass is 32.2. The molecule has 33 heavy (non-hydrogen) atoms. The van der Waals surface area contributed by atoms with Crippen molar-refractivity contribution in [1.82, 2.24) is 15.3 Å². The van der Waals surface area contributed by atoms with Crippen LogP contribution in [0.2, 0.25) is 0 Å². The highest BCUT2D eigenvalue weighted by Crippen LogP contribution is 2.24. The number of carbonyl (C=O) groups is 1. The van der Waals surface area contributed by atoms with Crippen LogP contribution in [0.3, 0.4) is 0 Å². The highest BCUT2D eigenvalue weighted by molar-refractivity contribution is 7.90. The van der Waals surface area contributed by atoms with Crippen LogP contribution in [0, 0.1) is 6.92 Å². The number of nitrogens with one attached hydrogen (secondary N) is 1. The Hall–Kier alpha value is -3.04. The maximum atomic E-state index is 12.5. The molecular formula is C24H30N4O4S. The Morgan fingerprint density at radius 1 is 1.21 bits per heavy atom. The largest absolute Gasteiger partial charge is 0.441 e. The summed E-state index contributed by atoms with van der Waals surface area (Å²) in [4.78, 5) is 20.8. The van der Waals surface area contributed by atoms with Crippen LogP contribution in [0.15, 0.2) is 53.2 Å². The molecule has 0 bridgehead atoms. The Bertz CT molecular complexity index is 1160. The second-order valence-corrected chi connectivity index (χ2v) is 10.2. The van der Waals surface area contributed by atoms with E-state index >= 15 is 0 Å². The van der Waals surface area contributed by atoms with E-state index in [4.69, 9.17) is 10.2 Å². The smallest absolute Gasteiger partial charge is 0.251 e. The monoisotopic (exact) mass is 470 g/mol. The van der Waals surface area contributed by atoms with Gasteiger partial charge in [0.05, 0.1) is 17.2 Å². The van der Waals surface area contributed by atoms with Gasteiger partial charge in [0, 0.05) is 36.1 Å². The SMILES string of the molecule is CCC(N)CCCS(=O)(=O)Cc1nc(-c2ccc(C(=O)NCc3cccnc3)cc2)oc1C. The van der Waals surface area contributed by atoms with Gasteiger partial charge in [0.15, 0.2) is 9.84 Å². The summed E-state index contributed by atoms with van der Waals surface area (Å²) in [6, 6.07) is 10.6. The Morgan fingerprint density at radius 2 is 1.97 bits per heavy atom. The first-order chi connectivity index (χ1) is 15.8. The molecule has 8 nitrogen and oxygen atoms in total. The van der Waals surface area contributed by atoms with Gasteiger partial charge in [-0.15, -0.1) is 0 Å². The normalized spacial score (nSPS) is 12.5. The molecule has 176 valence electrons. The van der Waals surface area contributed by atoms with Crippen molar-refractivity contribution in [3.8, 4) is 11.5 Å². The number of hydrogen-bond donors (Lipinski definition) is 2. The van der Waals surface area contributed by atoms with Gasteiger partial charge < -0.3 is 15.5 Å². The van der Waals surface area contributed by atoms with Gasteiger partial charge in [0.2, 0.25) is 5.89 Å². The summed E-state index contributed by atoms with van der Waals surface area (Å²) in [5.74, 6) is 0.498. The minimum Gasteiger partial charge on any atom is -0.441 e. The molecule has 0 spiro atoms. The number of hydrogen-bond acceptors (Lipinski definition) is 7. The zero-order valence-electron chi connectivity index (χ0n) is 19.0. The van der Waals surface area contributed by atoms with Crippen molar-refractivity contribution in [2.24, 2.45) is 5.73 Å². The molecule has 1 aromatic carbocycles. The van der Waals surface area contributed by atoms with Gasteiger partial charge in [0.1, 0.15) is 5.76 Å². The van der Waals surface area contributed by atoms with Crippen molar-refractivity contribution in [1.29, 1.82) is 0 Å². The molecule has 0 radical (unpaired) electrons. The molecule has 1 amide bonds. The molecule has 2 aromatic heterocycles. The van der Waals surface area contributed by atoms with Crippen LogP contribution in [0.4, 0.5) is 0 Å². The van der Waals surface area contributed by atoms with Gasteiger partial charge >= 0.3 is 0 Å². The minimum atomic E-state index is -3.31. The summed E-state index contributed by atoms with van der Waals surface area (Å²) in [7, 11) is -3.31. The van der Waals surface area contributed by atoms with Gasteiger partial charge in [-0.25, -0.2) is 13.4 Å². The van der Waals surface area contributed by atoms with Crippen LogP contribution in [0.25, 0.3) is 11.5 Å². The molecule has 3 rings (SSSR count). The van der Waals surface area contributed by atoms with E-state index in [0.29, 0.717) is 47.9 Å². The van der Waals surface area contributed by atoms with Gasteiger partial charge in [-0.05, 0) is 62.1 Å². The van der Waals surface area contributed by atoms with Crippen LogP contribution in [-0.4, -0.2) is 36.1 Å². The lowest BCUT2D eigenvalue weighted by Crippen LogP contribution is -2.22. The molecule has 0 aliphatic carbocycles. The first-order valence-electron chi connectivity index (χ1n) is 11.0. The second-order valence-electron chi connectivity index (χ2n) is 8.05. The first-order valence-corrected chi connectivity index (χ1v) is 12.8. The number of carbonyl (C=O) groups excluding carboxylic acids is 1. The topological polar surface area (TPSA) is 128 Å². The number of amides is 1. The van der Waals surface area contributed by atoms with E-state index in [-0.39, 0.29) is 23.5 Å². The number of benzene rings is 1. The van der Waals surface area contributed by atoms with E-state index in [0.717, 1.165) is 12.0 Å². The number of sulfone groups is 1. The molecule has 0 aliphatic heterocycles. The Kier molecular flexibility index (Phi) is 8.35. The van der Waals surface area contributed by atoms with Crippen molar-refractivity contribution >= 4 is 15.7 Å². The Labute approximate surface area is 194 Å². The third-order valence-corrected chi connectivity index (χ3v) is 7.00. The molecular weight excluding hydrogens is 440 g/mol.